The summed E-state index contributed by atoms with van der Waals surface area (Å²) >= 11 is 6.29. The first-order chi connectivity index (χ1) is 8.67. The Morgan fingerprint density at radius 3 is 2.72 bits per heavy atom. The van der Waals surface area contributed by atoms with E-state index in [1.165, 1.54) is 16.3 Å². The van der Waals surface area contributed by atoms with Gasteiger partial charge in [-0.1, -0.05) is 36.4 Å². The minimum atomic E-state index is -0.241. The van der Waals surface area contributed by atoms with E-state index in [0.29, 0.717) is 0 Å². The largest absolute Gasteiger partial charge is 0.370 e. The first-order valence-electron chi connectivity index (χ1n) is 6.45. The molecular formula is C16H17ClO. The van der Waals surface area contributed by atoms with Crippen LogP contribution < -0.4 is 0 Å². The Morgan fingerprint density at radius 2 is 1.94 bits per heavy atom. The lowest BCUT2D eigenvalue weighted by atomic mass is 9.87. The third-order valence-electron chi connectivity index (χ3n) is 3.82. The number of benzene rings is 2. The SMILES string of the molecule is CC1(c2ccc3ccccc3c2)CC(Cl)CCO1. The normalized spacial score (nSPS) is 28.4. The summed E-state index contributed by atoms with van der Waals surface area (Å²) < 4.78 is 5.99. The zero-order chi connectivity index (χ0) is 12.6. The van der Waals surface area contributed by atoms with Gasteiger partial charge in [0, 0.05) is 12.0 Å². The van der Waals surface area contributed by atoms with Crippen molar-refractivity contribution in [3.63, 3.8) is 0 Å². The molecule has 1 fully saturated rings. The van der Waals surface area contributed by atoms with Crippen LogP contribution in [0.5, 0.6) is 0 Å². The number of ether oxygens (including phenoxy) is 1. The van der Waals surface area contributed by atoms with Crippen molar-refractivity contribution in [2.75, 3.05) is 6.61 Å². The van der Waals surface area contributed by atoms with Crippen LogP contribution in [-0.2, 0) is 10.3 Å². The molecule has 0 amide bonds. The molecule has 0 bridgehead atoms. The Kier molecular flexibility index (Phi) is 3.04. The van der Waals surface area contributed by atoms with Crippen LogP contribution in [0.4, 0.5) is 0 Å². The highest BCUT2D eigenvalue weighted by Crippen LogP contribution is 2.37. The van der Waals surface area contributed by atoms with Crippen LogP contribution in [0.1, 0.15) is 25.3 Å². The van der Waals surface area contributed by atoms with Crippen LogP contribution in [0.3, 0.4) is 0 Å². The Hall–Kier alpha value is -1.05. The molecule has 0 radical (unpaired) electrons. The van der Waals surface area contributed by atoms with Gasteiger partial charge in [-0.3, -0.25) is 0 Å². The Bertz CT molecular complexity index is 566. The molecule has 1 nitrogen and oxygen atoms in total. The van der Waals surface area contributed by atoms with E-state index in [9.17, 15) is 0 Å². The van der Waals surface area contributed by atoms with Crippen molar-refractivity contribution in [1.82, 2.24) is 0 Å². The highest BCUT2D eigenvalue weighted by Gasteiger charge is 2.34. The molecule has 1 saturated heterocycles. The summed E-state index contributed by atoms with van der Waals surface area (Å²) in [6, 6.07) is 15.0. The van der Waals surface area contributed by atoms with Gasteiger partial charge in [-0.2, -0.15) is 0 Å². The topological polar surface area (TPSA) is 9.23 Å². The molecule has 1 aliphatic rings. The van der Waals surface area contributed by atoms with E-state index in [2.05, 4.69) is 49.4 Å². The molecule has 0 N–H and O–H groups in total. The lowest BCUT2D eigenvalue weighted by molar-refractivity contribution is -0.0683. The maximum Gasteiger partial charge on any atom is 0.0917 e. The number of hydrogen-bond acceptors (Lipinski definition) is 1. The van der Waals surface area contributed by atoms with Crippen LogP contribution in [0.2, 0.25) is 0 Å². The number of hydrogen-bond donors (Lipinski definition) is 0. The van der Waals surface area contributed by atoms with Crippen molar-refractivity contribution < 1.29 is 4.74 Å². The van der Waals surface area contributed by atoms with Crippen molar-refractivity contribution in [2.45, 2.75) is 30.7 Å². The summed E-state index contributed by atoms with van der Waals surface area (Å²) in [4.78, 5) is 0. The number of rotatable bonds is 1. The van der Waals surface area contributed by atoms with Crippen LogP contribution in [-0.4, -0.2) is 12.0 Å². The molecular weight excluding hydrogens is 244 g/mol. The van der Waals surface area contributed by atoms with Gasteiger partial charge in [0.2, 0.25) is 0 Å². The molecule has 3 rings (SSSR count). The highest BCUT2D eigenvalue weighted by molar-refractivity contribution is 6.20. The number of fused-ring (bicyclic) bond motifs is 1. The number of halogens is 1. The molecule has 0 aromatic heterocycles. The molecule has 2 heteroatoms. The smallest absolute Gasteiger partial charge is 0.0917 e. The van der Waals surface area contributed by atoms with Crippen molar-refractivity contribution in [3.05, 3.63) is 48.0 Å². The zero-order valence-electron chi connectivity index (χ0n) is 10.5. The van der Waals surface area contributed by atoms with Crippen molar-refractivity contribution >= 4 is 22.4 Å². The van der Waals surface area contributed by atoms with E-state index in [1.807, 2.05) is 0 Å². The Labute approximate surface area is 113 Å². The summed E-state index contributed by atoms with van der Waals surface area (Å²) in [5.41, 5.74) is 0.987. The minimum Gasteiger partial charge on any atom is -0.370 e. The molecule has 2 unspecified atom stereocenters. The average Bonchev–Trinajstić information content (AvgIpc) is 2.38. The third kappa shape index (κ3) is 2.13. The minimum absolute atomic E-state index is 0.218. The lowest BCUT2D eigenvalue weighted by Gasteiger charge is -2.36. The van der Waals surface area contributed by atoms with Gasteiger partial charge in [0.05, 0.1) is 5.60 Å². The maximum absolute atomic E-state index is 6.29. The van der Waals surface area contributed by atoms with Crippen molar-refractivity contribution in [1.29, 1.82) is 0 Å². The van der Waals surface area contributed by atoms with Gasteiger partial charge in [-0.15, -0.1) is 11.6 Å². The molecule has 2 aromatic rings. The van der Waals surface area contributed by atoms with Crippen LogP contribution >= 0.6 is 11.6 Å². The fourth-order valence-electron chi connectivity index (χ4n) is 2.72. The summed E-state index contributed by atoms with van der Waals surface area (Å²) in [5, 5.41) is 2.75. The fourth-order valence-corrected chi connectivity index (χ4v) is 3.10. The third-order valence-corrected chi connectivity index (χ3v) is 4.20. The fraction of sp³-hybridized carbons (Fsp3) is 0.375. The Morgan fingerprint density at radius 1 is 1.17 bits per heavy atom. The highest BCUT2D eigenvalue weighted by atomic mass is 35.5. The Balaban J connectivity index is 2.02. The second-order valence-electron chi connectivity index (χ2n) is 5.23. The average molecular weight is 261 g/mol. The van der Waals surface area contributed by atoms with E-state index < -0.39 is 0 Å². The van der Waals surface area contributed by atoms with Gasteiger partial charge in [0.15, 0.2) is 0 Å². The monoisotopic (exact) mass is 260 g/mol. The van der Waals surface area contributed by atoms with Crippen LogP contribution in [0.15, 0.2) is 42.5 Å². The first kappa shape index (κ1) is 12.0. The second-order valence-corrected chi connectivity index (χ2v) is 5.85. The predicted molar refractivity (Wildman–Crippen MR) is 76.1 cm³/mol. The van der Waals surface area contributed by atoms with Gasteiger partial charge in [-0.05, 0) is 42.2 Å². The predicted octanol–water partition coefficient (Wildman–Crippen LogP) is 4.47. The standard InChI is InChI=1S/C16H17ClO/c1-16(11-15(17)8-9-18-16)14-7-6-12-4-2-3-5-13(12)10-14/h2-7,10,15H,8-9,11H2,1H3. The second kappa shape index (κ2) is 4.56. The van der Waals surface area contributed by atoms with E-state index in [1.54, 1.807) is 0 Å². The quantitative estimate of drug-likeness (QED) is 0.688. The molecule has 2 aromatic carbocycles. The molecule has 1 heterocycles. The van der Waals surface area contributed by atoms with Gasteiger partial charge in [-0.25, -0.2) is 0 Å². The zero-order valence-corrected chi connectivity index (χ0v) is 11.3. The van der Waals surface area contributed by atoms with Gasteiger partial charge < -0.3 is 4.74 Å². The van der Waals surface area contributed by atoms with Gasteiger partial charge >= 0.3 is 0 Å². The van der Waals surface area contributed by atoms with Crippen LogP contribution in [0, 0.1) is 0 Å². The molecule has 0 spiro atoms. The summed E-state index contributed by atoms with van der Waals surface area (Å²) in [7, 11) is 0. The van der Waals surface area contributed by atoms with E-state index in [0.717, 1.165) is 19.4 Å². The van der Waals surface area contributed by atoms with E-state index in [4.69, 9.17) is 16.3 Å². The van der Waals surface area contributed by atoms with Crippen molar-refractivity contribution in [2.24, 2.45) is 0 Å². The van der Waals surface area contributed by atoms with Gasteiger partial charge in [0.25, 0.3) is 0 Å². The molecule has 2 atom stereocenters. The summed E-state index contributed by atoms with van der Waals surface area (Å²) in [6.07, 6.45) is 1.83. The molecule has 94 valence electrons. The van der Waals surface area contributed by atoms with E-state index >= 15 is 0 Å². The van der Waals surface area contributed by atoms with Crippen molar-refractivity contribution in [3.8, 4) is 0 Å². The van der Waals surface area contributed by atoms with Crippen LogP contribution in [0.25, 0.3) is 10.8 Å². The molecule has 0 aliphatic carbocycles. The molecule has 0 saturated carbocycles. The summed E-state index contributed by atoms with van der Waals surface area (Å²) in [5.74, 6) is 0. The number of alkyl halides is 1. The summed E-state index contributed by atoms with van der Waals surface area (Å²) in [6.45, 7) is 2.89. The van der Waals surface area contributed by atoms with Gasteiger partial charge in [0.1, 0.15) is 0 Å². The maximum atomic E-state index is 6.29. The first-order valence-corrected chi connectivity index (χ1v) is 6.88. The van der Waals surface area contributed by atoms with E-state index in [-0.39, 0.29) is 11.0 Å². The lowest BCUT2D eigenvalue weighted by Crippen LogP contribution is -2.35. The molecule has 18 heavy (non-hydrogen) atoms. The molecule has 1 aliphatic heterocycles.